The third-order valence-corrected chi connectivity index (χ3v) is 5.30. The second kappa shape index (κ2) is 24.5. The van der Waals surface area contributed by atoms with Crippen LogP contribution in [-0.4, -0.2) is 59.3 Å². The van der Waals surface area contributed by atoms with Crippen molar-refractivity contribution in [2.24, 2.45) is 5.92 Å². The SMILES string of the molecule is CCCCCC(CC)C(O)C(O)CO.CCCCOC(=O)CCCCC(=O)OCCCC. The minimum absolute atomic E-state index is 0.115. The molecule has 0 aliphatic heterocycles. The summed E-state index contributed by atoms with van der Waals surface area (Å²) in [5.74, 6) is -0.214. The zero-order chi connectivity index (χ0) is 24.6. The Labute approximate surface area is 195 Å². The molecule has 192 valence electrons. The van der Waals surface area contributed by atoms with Crippen LogP contribution in [0.1, 0.15) is 111 Å². The van der Waals surface area contributed by atoms with Crippen LogP contribution in [0.25, 0.3) is 0 Å². The Kier molecular flexibility index (Phi) is 25.2. The molecule has 0 aromatic heterocycles. The van der Waals surface area contributed by atoms with Crippen molar-refractivity contribution in [1.29, 1.82) is 0 Å². The fourth-order valence-corrected chi connectivity index (χ4v) is 3.04. The third kappa shape index (κ3) is 20.7. The van der Waals surface area contributed by atoms with Gasteiger partial charge < -0.3 is 24.8 Å². The molecule has 0 saturated heterocycles. The van der Waals surface area contributed by atoms with Gasteiger partial charge in [-0.2, -0.15) is 0 Å². The number of hydrogen-bond donors (Lipinski definition) is 3. The van der Waals surface area contributed by atoms with Gasteiger partial charge in [0.1, 0.15) is 6.10 Å². The Hall–Kier alpha value is -1.18. The van der Waals surface area contributed by atoms with E-state index in [1.807, 2.05) is 6.92 Å². The first-order valence-electron chi connectivity index (χ1n) is 12.7. The standard InChI is InChI=1S/C14H26O4.C11H24O3/c1-3-5-11-17-13(15)9-7-8-10-14(16)18-12-6-4-2;1-3-5-6-7-9(4-2)11(14)10(13)8-12/h3-12H2,1-2H3;9-14H,3-8H2,1-2H3. The van der Waals surface area contributed by atoms with Crippen molar-refractivity contribution in [1.82, 2.24) is 0 Å². The first-order valence-corrected chi connectivity index (χ1v) is 12.7. The summed E-state index contributed by atoms with van der Waals surface area (Å²) in [6, 6.07) is 0. The van der Waals surface area contributed by atoms with E-state index < -0.39 is 12.2 Å². The van der Waals surface area contributed by atoms with Crippen LogP contribution < -0.4 is 0 Å². The molecule has 7 nitrogen and oxygen atoms in total. The highest BCUT2D eigenvalue weighted by atomic mass is 16.5. The van der Waals surface area contributed by atoms with Crippen molar-refractivity contribution in [3.8, 4) is 0 Å². The molecule has 0 radical (unpaired) electrons. The van der Waals surface area contributed by atoms with Crippen molar-refractivity contribution in [2.45, 2.75) is 123 Å². The summed E-state index contributed by atoms with van der Waals surface area (Å²) in [4.78, 5) is 22.5. The molecule has 0 heterocycles. The van der Waals surface area contributed by atoms with Gasteiger partial charge in [0.25, 0.3) is 0 Å². The molecule has 0 saturated carbocycles. The maximum Gasteiger partial charge on any atom is 0.305 e. The first-order chi connectivity index (χ1) is 15.4. The molecule has 32 heavy (non-hydrogen) atoms. The van der Waals surface area contributed by atoms with Crippen LogP contribution in [-0.2, 0) is 19.1 Å². The number of hydrogen-bond acceptors (Lipinski definition) is 7. The van der Waals surface area contributed by atoms with E-state index in [9.17, 15) is 19.8 Å². The van der Waals surface area contributed by atoms with E-state index in [1.54, 1.807) is 0 Å². The van der Waals surface area contributed by atoms with Gasteiger partial charge in [-0.3, -0.25) is 9.59 Å². The zero-order valence-corrected chi connectivity index (χ0v) is 21.0. The molecule has 0 amide bonds. The molecule has 7 heteroatoms. The van der Waals surface area contributed by atoms with Gasteiger partial charge in [0.05, 0.1) is 25.9 Å². The number of carbonyl (C=O) groups excluding carboxylic acids is 2. The third-order valence-electron chi connectivity index (χ3n) is 5.30. The molecule has 3 atom stereocenters. The van der Waals surface area contributed by atoms with E-state index in [0.717, 1.165) is 51.4 Å². The van der Waals surface area contributed by atoms with Crippen LogP contribution >= 0.6 is 0 Å². The van der Waals surface area contributed by atoms with Crippen molar-refractivity contribution in [3.63, 3.8) is 0 Å². The van der Waals surface area contributed by atoms with Crippen LogP contribution in [0.4, 0.5) is 0 Å². The summed E-state index contributed by atoms with van der Waals surface area (Å²) in [6.07, 6.45) is 9.48. The molecule has 0 aromatic rings. The van der Waals surface area contributed by atoms with Gasteiger partial charge in [0.2, 0.25) is 0 Å². The minimum Gasteiger partial charge on any atom is -0.466 e. The summed E-state index contributed by atoms with van der Waals surface area (Å²) >= 11 is 0. The smallest absolute Gasteiger partial charge is 0.305 e. The first kappa shape index (κ1) is 33.0. The molecule has 0 aliphatic carbocycles. The lowest BCUT2D eigenvalue weighted by Crippen LogP contribution is -2.35. The molecule has 3 N–H and O–H groups in total. The van der Waals surface area contributed by atoms with E-state index in [2.05, 4.69) is 20.8 Å². The van der Waals surface area contributed by atoms with Crippen LogP contribution in [0.15, 0.2) is 0 Å². The molecule has 0 fully saturated rings. The largest absolute Gasteiger partial charge is 0.466 e. The second-order valence-electron chi connectivity index (χ2n) is 8.26. The summed E-state index contributed by atoms with van der Waals surface area (Å²) < 4.78 is 10.0. The second-order valence-corrected chi connectivity index (χ2v) is 8.26. The van der Waals surface area contributed by atoms with Crippen molar-refractivity contribution in [2.75, 3.05) is 19.8 Å². The van der Waals surface area contributed by atoms with Gasteiger partial charge in [0, 0.05) is 12.8 Å². The Bertz CT molecular complexity index is 405. The minimum atomic E-state index is -0.985. The van der Waals surface area contributed by atoms with Gasteiger partial charge in [-0.15, -0.1) is 0 Å². The van der Waals surface area contributed by atoms with Crippen LogP contribution in [0.2, 0.25) is 0 Å². The lowest BCUT2D eigenvalue weighted by molar-refractivity contribution is -0.146. The average Bonchev–Trinajstić information content (AvgIpc) is 2.79. The molecule has 0 spiro atoms. The Morgan fingerprint density at radius 1 is 0.719 bits per heavy atom. The number of aliphatic hydroxyl groups excluding tert-OH is 3. The number of carbonyl (C=O) groups is 2. The van der Waals surface area contributed by atoms with Gasteiger partial charge >= 0.3 is 11.9 Å². The van der Waals surface area contributed by atoms with E-state index >= 15 is 0 Å². The van der Waals surface area contributed by atoms with Gasteiger partial charge in [-0.25, -0.2) is 0 Å². The monoisotopic (exact) mass is 462 g/mol. The van der Waals surface area contributed by atoms with E-state index in [1.165, 1.54) is 6.42 Å². The Morgan fingerprint density at radius 3 is 1.56 bits per heavy atom. The summed E-state index contributed by atoms with van der Waals surface area (Å²) in [5.41, 5.74) is 0. The highest BCUT2D eigenvalue weighted by molar-refractivity contribution is 5.70. The normalized spacial score (nSPS) is 13.5. The topological polar surface area (TPSA) is 113 Å². The molecular formula is C25H50O7. The van der Waals surface area contributed by atoms with Crippen LogP contribution in [0.5, 0.6) is 0 Å². The Balaban J connectivity index is 0. The predicted molar refractivity (Wildman–Crippen MR) is 127 cm³/mol. The van der Waals surface area contributed by atoms with E-state index in [-0.39, 0.29) is 24.5 Å². The molecule has 0 rings (SSSR count). The highest BCUT2D eigenvalue weighted by Gasteiger charge is 2.23. The summed E-state index contributed by atoms with van der Waals surface area (Å²) in [7, 11) is 0. The lowest BCUT2D eigenvalue weighted by atomic mass is 9.90. The lowest BCUT2D eigenvalue weighted by Gasteiger charge is -2.24. The number of unbranched alkanes of at least 4 members (excludes halogenated alkanes) is 5. The average molecular weight is 463 g/mol. The predicted octanol–water partition coefficient (Wildman–Crippen LogP) is 4.54. The highest BCUT2D eigenvalue weighted by Crippen LogP contribution is 2.19. The fraction of sp³-hybridized carbons (Fsp3) is 0.920. The quantitative estimate of drug-likeness (QED) is 0.191. The molecular weight excluding hydrogens is 412 g/mol. The number of ether oxygens (including phenoxy) is 2. The summed E-state index contributed by atoms with van der Waals surface area (Å²) in [5, 5.41) is 27.7. The maximum absolute atomic E-state index is 11.2. The number of esters is 2. The van der Waals surface area contributed by atoms with Gasteiger partial charge in [0.15, 0.2) is 0 Å². The maximum atomic E-state index is 11.2. The van der Waals surface area contributed by atoms with Crippen LogP contribution in [0, 0.1) is 5.92 Å². The van der Waals surface area contributed by atoms with E-state index in [0.29, 0.717) is 38.9 Å². The van der Waals surface area contributed by atoms with Crippen molar-refractivity contribution >= 4 is 11.9 Å². The van der Waals surface area contributed by atoms with Crippen molar-refractivity contribution in [3.05, 3.63) is 0 Å². The summed E-state index contributed by atoms with van der Waals surface area (Å²) in [6.45, 7) is 8.91. The Morgan fingerprint density at radius 2 is 1.19 bits per heavy atom. The molecule has 0 aromatic carbocycles. The van der Waals surface area contributed by atoms with Gasteiger partial charge in [-0.05, 0) is 38.0 Å². The fourth-order valence-electron chi connectivity index (χ4n) is 3.04. The van der Waals surface area contributed by atoms with Crippen LogP contribution in [0.3, 0.4) is 0 Å². The molecule has 3 unspecified atom stereocenters. The van der Waals surface area contributed by atoms with Gasteiger partial charge in [-0.1, -0.05) is 66.2 Å². The van der Waals surface area contributed by atoms with Crippen molar-refractivity contribution < 1.29 is 34.4 Å². The van der Waals surface area contributed by atoms with E-state index in [4.69, 9.17) is 14.6 Å². The number of rotatable bonds is 19. The molecule has 0 bridgehead atoms. The number of aliphatic hydroxyl groups is 3. The molecule has 0 aliphatic rings. The zero-order valence-electron chi connectivity index (χ0n) is 21.0.